The number of hydrogen-bond donors (Lipinski definition) is 1. The van der Waals surface area contributed by atoms with E-state index in [-0.39, 0.29) is 6.04 Å². The number of carbonyl (C=O) groups is 1. The lowest BCUT2D eigenvalue weighted by Crippen LogP contribution is -2.31. The molecule has 1 amide bonds. The summed E-state index contributed by atoms with van der Waals surface area (Å²) in [5.74, 6) is -8.22. The summed E-state index contributed by atoms with van der Waals surface area (Å²) in [6.07, 6.45) is 0. The van der Waals surface area contributed by atoms with Crippen LogP contribution in [0.4, 0.5) is 17.6 Å². The average Bonchev–Trinajstić information content (AvgIpc) is 2.19. The summed E-state index contributed by atoms with van der Waals surface area (Å²) in [4.78, 5) is 11.3. The molecule has 2 nitrogen and oxygen atoms in total. The molecule has 0 saturated heterocycles. The van der Waals surface area contributed by atoms with Crippen LogP contribution < -0.4 is 5.32 Å². The zero-order chi connectivity index (χ0) is 12.5. The maximum absolute atomic E-state index is 13.1. The topological polar surface area (TPSA) is 29.1 Å². The second-order valence-corrected chi connectivity index (χ2v) is 3.48. The first-order valence-electron chi connectivity index (χ1n) is 4.48. The van der Waals surface area contributed by atoms with Crippen LogP contribution in [-0.2, 0) is 0 Å². The van der Waals surface area contributed by atoms with Gasteiger partial charge in [-0.2, -0.15) is 0 Å². The largest absolute Gasteiger partial charge is 0.350 e. The minimum Gasteiger partial charge on any atom is -0.350 e. The molecule has 0 aromatic heterocycles. The van der Waals surface area contributed by atoms with E-state index in [1.54, 1.807) is 13.8 Å². The Hall–Kier alpha value is -1.59. The minimum absolute atomic E-state index is 0.325. The summed E-state index contributed by atoms with van der Waals surface area (Å²) >= 11 is 0. The first-order chi connectivity index (χ1) is 7.34. The van der Waals surface area contributed by atoms with Gasteiger partial charge in [0, 0.05) is 6.04 Å². The van der Waals surface area contributed by atoms with Gasteiger partial charge in [0.2, 0.25) is 0 Å². The zero-order valence-corrected chi connectivity index (χ0v) is 8.57. The van der Waals surface area contributed by atoms with E-state index in [9.17, 15) is 22.4 Å². The van der Waals surface area contributed by atoms with Crippen LogP contribution >= 0.6 is 0 Å². The Balaban J connectivity index is 3.20. The summed E-state index contributed by atoms with van der Waals surface area (Å²) in [6.45, 7) is 3.18. The maximum atomic E-state index is 13.1. The fourth-order valence-electron chi connectivity index (χ4n) is 1.08. The molecule has 88 valence electrons. The van der Waals surface area contributed by atoms with E-state index < -0.39 is 34.7 Å². The van der Waals surface area contributed by atoms with E-state index in [1.165, 1.54) is 0 Å². The van der Waals surface area contributed by atoms with Gasteiger partial charge in [0.15, 0.2) is 23.3 Å². The first kappa shape index (κ1) is 12.5. The van der Waals surface area contributed by atoms with Gasteiger partial charge in [0.25, 0.3) is 5.91 Å². The van der Waals surface area contributed by atoms with Crippen molar-refractivity contribution in [3.05, 3.63) is 34.9 Å². The van der Waals surface area contributed by atoms with Crippen molar-refractivity contribution in [3.63, 3.8) is 0 Å². The fraction of sp³-hybridized carbons (Fsp3) is 0.300. The number of rotatable bonds is 2. The standard InChI is InChI=1S/C10H9F4NO/c1-4(2)15-10(16)5-3-6(11)8(13)9(14)7(5)12/h3-4H,1-2H3,(H,15,16). The van der Waals surface area contributed by atoms with Crippen LogP contribution in [-0.4, -0.2) is 11.9 Å². The number of carbonyl (C=O) groups excluding carboxylic acids is 1. The number of halogens is 4. The van der Waals surface area contributed by atoms with Crippen molar-refractivity contribution < 1.29 is 22.4 Å². The number of amides is 1. The van der Waals surface area contributed by atoms with Gasteiger partial charge in [-0.25, -0.2) is 17.6 Å². The Labute approximate surface area is 89.3 Å². The van der Waals surface area contributed by atoms with Crippen LogP contribution in [0.1, 0.15) is 24.2 Å². The van der Waals surface area contributed by atoms with Crippen molar-refractivity contribution in [2.75, 3.05) is 0 Å². The van der Waals surface area contributed by atoms with Gasteiger partial charge in [0.1, 0.15) is 0 Å². The molecule has 1 rings (SSSR count). The van der Waals surface area contributed by atoms with Crippen LogP contribution in [0.2, 0.25) is 0 Å². The predicted octanol–water partition coefficient (Wildman–Crippen LogP) is 2.38. The van der Waals surface area contributed by atoms with E-state index in [0.717, 1.165) is 0 Å². The lowest BCUT2D eigenvalue weighted by atomic mass is 10.1. The van der Waals surface area contributed by atoms with E-state index in [1.807, 2.05) is 0 Å². The molecular formula is C10H9F4NO. The number of nitrogens with one attached hydrogen (secondary N) is 1. The Morgan fingerprint density at radius 1 is 1.12 bits per heavy atom. The second-order valence-electron chi connectivity index (χ2n) is 3.48. The molecule has 0 heterocycles. The molecule has 0 radical (unpaired) electrons. The fourth-order valence-corrected chi connectivity index (χ4v) is 1.08. The molecule has 16 heavy (non-hydrogen) atoms. The Morgan fingerprint density at radius 2 is 1.69 bits per heavy atom. The molecule has 6 heteroatoms. The minimum atomic E-state index is -1.99. The second kappa shape index (κ2) is 4.51. The first-order valence-corrected chi connectivity index (χ1v) is 4.48. The lowest BCUT2D eigenvalue weighted by Gasteiger charge is -2.09. The van der Waals surface area contributed by atoms with Gasteiger partial charge in [-0.3, -0.25) is 4.79 Å². The molecule has 1 aromatic rings. The quantitative estimate of drug-likeness (QED) is 0.476. The lowest BCUT2D eigenvalue weighted by molar-refractivity contribution is 0.0937. The van der Waals surface area contributed by atoms with Crippen LogP contribution in [0.3, 0.4) is 0 Å². The summed E-state index contributed by atoms with van der Waals surface area (Å²) in [5, 5.41) is 2.24. The SMILES string of the molecule is CC(C)NC(=O)c1cc(F)c(F)c(F)c1F. The van der Waals surface area contributed by atoms with E-state index in [2.05, 4.69) is 5.32 Å². The molecule has 1 N–H and O–H groups in total. The van der Waals surface area contributed by atoms with Crippen molar-refractivity contribution in [2.24, 2.45) is 0 Å². The van der Waals surface area contributed by atoms with Gasteiger partial charge in [-0.05, 0) is 19.9 Å². The third kappa shape index (κ3) is 2.32. The maximum Gasteiger partial charge on any atom is 0.254 e. The van der Waals surface area contributed by atoms with E-state index in [4.69, 9.17) is 0 Å². The van der Waals surface area contributed by atoms with Gasteiger partial charge in [0.05, 0.1) is 5.56 Å². The Kier molecular flexibility index (Phi) is 3.51. The predicted molar refractivity (Wildman–Crippen MR) is 48.9 cm³/mol. The van der Waals surface area contributed by atoms with E-state index in [0.29, 0.717) is 6.07 Å². The number of benzene rings is 1. The molecule has 0 aliphatic rings. The molecule has 0 bridgehead atoms. The summed E-state index contributed by atoms with van der Waals surface area (Å²) in [5.41, 5.74) is -0.856. The zero-order valence-electron chi connectivity index (χ0n) is 8.57. The van der Waals surface area contributed by atoms with Crippen LogP contribution in [0.15, 0.2) is 6.07 Å². The van der Waals surface area contributed by atoms with Crippen molar-refractivity contribution in [3.8, 4) is 0 Å². The van der Waals surface area contributed by atoms with Gasteiger partial charge < -0.3 is 5.32 Å². The molecule has 0 saturated carbocycles. The normalized spacial score (nSPS) is 10.7. The smallest absolute Gasteiger partial charge is 0.254 e. The van der Waals surface area contributed by atoms with E-state index >= 15 is 0 Å². The Bertz CT molecular complexity index is 431. The molecule has 0 aliphatic carbocycles. The van der Waals surface area contributed by atoms with Gasteiger partial charge >= 0.3 is 0 Å². The summed E-state index contributed by atoms with van der Waals surface area (Å²) in [6, 6.07) is -0.00562. The highest BCUT2D eigenvalue weighted by Gasteiger charge is 2.23. The highest BCUT2D eigenvalue weighted by Crippen LogP contribution is 2.18. The van der Waals surface area contributed by atoms with Crippen LogP contribution in [0, 0.1) is 23.3 Å². The monoisotopic (exact) mass is 235 g/mol. The number of hydrogen-bond acceptors (Lipinski definition) is 1. The summed E-state index contributed by atoms with van der Waals surface area (Å²) < 4.78 is 51.2. The molecule has 0 spiro atoms. The molecule has 1 aromatic carbocycles. The van der Waals surface area contributed by atoms with Crippen molar-refractivity contribution in [1.82, 2.24) is 5.32 Å². The van der Waals surface area contributed by atoms with Crippen LogP contribution in [0.25, 0.3) is 0 Å². The van der Waals surface area contributed by atoms with Gasteiger partial charge in [-0.1, -0.05) is 0 Å². The molecule has 0 fully saturated rings. The average molecular weight is 235 g/mol. The van der Waals surface area contributed by atoms with Crippen LogP contribution in [0.5, 0.6) is 0 Å². The molecular weight excluding hydrogens is 226 g/mol. The molecule has 0 unspecified atom stereocenters. The highest BCUT2D eigenvalue weighted by atomic mass is 19.2. The van der Waals surface area contributed by atoms with Crippen molar-refractivity contribution in [1.29, 1.82) is 0 Å². The summed E-state index contributed by atoms with van der Waals surface area (Å²) in [7, 11) is 0. The highest BCUT2D eigenvalue weighted by molar-refractivity contribution is 5.94. The third-order valence-corrected chi connectivity index (χ3v) is 1.77. The van der Waals surface area contributed by atoms with Crippen molar-refractivity contribution in [2.45, 2.75) is 19.9 Å². The van der Waals surface area contributed by atoms with Gasteiger partial charge in [-0.15, -0.1) is 0 Å². The molecule has 0 aliphatic heterocycles. The third-order valence-electron chi connectivity index (χ3n) is 1.77. The molecule has 0 atom stereocenters. The Morgan fingerprint density at radius 3 is 2.19 bits per heavy atom. The van der Waals surface area contributed by atoms with Crippen molar-refractivity contribution >= 4 is 5.91 Å².